The summed E-state index contributed by atoms with van der Waals surface area (Å²) in [5.74, 6) is 0.483. The van der Waals surface area contributed by atoms with Crippen molar-refractivity contribution in [3.63, 3.8) is 0 Å². The number of amides is 3. The van der Waals surface area contributed by atoms with Crippen molar-refractivity contribution in [2.45, 2.75) is 64.6 Å². The number of piperazine rings is 1. The van der Waals surface area contributed by atoms with E-state index in [4.69, 9.17) is 14.6 Å². The Morgan fingerprint density at radius 2 is 1.75 bits per heavy atom. The van der Waals surface area contributed by atoms with E-state index < -0.39 is 5.60 Å². The fourth-order valence-corrected chi connectivity index (χ4v) is 5.76. The zero-order chi connectivity index (χ0) is 29.0. The topological polar surface area (TPSA) is 148 Å². The van der Waals surface area contributed by atoms with Crippen molar-refractivity contribution in [1.29, 1.82) is 0 Å². The second-order valence-corrected chi connectivity index (χ2v) is 11.3. The van der Waals surface area contributed by atoms with Gasteiger partial charge in [-0.25, -0.2) is 9.78 Å². The van der Waals surface area contributed by atoms with Gasteiger partial charge in [0.25, 0.3) is 12.4 Å². The molecule has 0 aliphatic carbocycles. The Kier molecular flexibility index (Phi) is 8.65. The number of aryl methyl sites for hydroxylation is 1. The number of benzene rings is 1. The summed E-state index contributed by atoms with van der Waals surface area (Å²) in [7, 11) is 0. The van der Waals surface area contributed by atoms with Gasteiger partial charge in [-0.05, 0) is 71.2 Å². The number of anilines is 2. The third-order valence-corrected chi connectivity index (χ3v) is 7.49. The zero-order valence-electron chi connectivity index (χ0n) is 23.4. The van der Waals surface area contributed by atoms with Crippen LogP contribution < -0.4 is 10.2 Å². The molecule has 3 unspecified atom stereocenters. The Morgan fingerprint density at radius 3 is 2.33 bits per heavy atom. The number of aromatic nitrogens is 2. The Labute approximate surface area is 233 Å². The van der Waals surface area contributed by atoms with E-state index in [1.165, 1.54) is 6.20 Å². The summed E-state index contributed by atoms with van der Waals surface area (Å²) in [6, 6.07) is 7.79. The number of ether oxygens (including phenoxy) is 1. The van der Waals surface area contributed by atoms with Crippen LogP contribution in [0.5, 0.6) is 0 Å². The molecule has 2 bridgehead atoms. The minimum absolute atomic E-state index is 0.0567. The number of aromatic amines is 1. The summed E-state index contributed by atoms with van der Waals surface area (Å²) in [6.45, 7) is 9.94. The van der Waals surface area contributed by atoms with Crippen molar-refractivity contribution < 1.29 is 29.0 Å². The molecular weight excluding hydrogens is 516 g/mol. The number of carbonyl (C=O) groups excluding carboxylic acids is 3. The molecule has 3 N–H and O–H groups in total. The molecule has 3 amide bonds. The molecule has 3 atom stereocenters. The van der Waals surface area contributed by atoms with Gasteiger partial charge >= 0.3 is 6.09 Å². The van der Waals surface area contributed by atoms with Gasteiger partial charge in [0.2, 0.25) is 5.91 Å². The van der Waals surface area contributed by atoms with Crippen molar-refractivity contribution in [3.05, 3.63) is 42.0 Å². The number of carboxylic acid groups (broad SMARTS) is 1. The van der Waals surface area contributed by atoms with Crippen LogP contribution in [0.4, 0.5) is 16.2 Å². The van der Waals surface area contributed by atoms with Gasteiger partial charge < -0.3 is 34.8 Å². The maximum absolute atomic E-state index is 13.4. The molecule has 3 fully saturated rings. The largest absolute Gasteiger partial charge is 0.483 e. The summed E-state index contributed by atoms with van der Waals surface area (Å²) in [5.41, 5.74) is 1.64. The second kappa shape index (κ2) is 12.0. The summed E-state index contributed by atoms with van der Waals surface area (Å²) < 4.78 is 5.62. The van der Waals surface area contributed by atoms with Crippen molar-refractivity contribution in [3.8, 4) is 0 Å². The molecular formula is C28H38N6O6. The van der Waals surface area contributed by atoms with E-state index in [9.17, 15) is 14.4 Å². The van der Waals surface area contributed by atoms with Crippen LogP contribution in [-0.4, -0.2) is 93.1 Å². The highest BCUT2D eigenvalue weighted by molar-refractivity contribution is 6.02. The number of rotatable bonds is 4. The Bertz CT molecular complexity index is 1210. The summed E-state index contributed by atoms with van der Waals surface area (Å²) in [6.07, 6.45) is 3.77. The molecule has 2 aromatic rings. The first-order chi connectivity index (χ1) is 19.0. The van der Waals surface area contributed by atoms with Crippen LogP contribution in [0.25, 0.3) is 0 Å². The van der Waals surface area contributed by atoms with Gasteiger partial charge in [0.15, 0.2) is 0 Å². The van der Waals surface area contributed by atoms with Gasteiger partial charge in [-0.3, -0.25) is 14.4 Å². The van der Waals surface area contributed by atoms with Crippen LogP contribution in [0, 0.1) is 12.8 Å². The Hall–Kier alpha value is -4.09. The standard InChI is InChI=1S/C27H36N6O4.CH2O2/c1-17-28-16-22(29-17)24(34)30-18-5-7-19(8-6-18)31-11-13-32(14-12-31)25(35)21-15-20-9-10-23(21)33(20)26(36)37-27(2,3)4;2-1-3/h5-8,16,20-21,23H,9-15H2,1-4H3,(H,28,29)(H,30,34);1H,(H,2,3). The minimum Gasteiger partial charge on any atom is -0.483 e. The Morgan fingerprint density at radius 1 is 1.10 bits per heavy atom. The average Bonchev–Trinajstić information content (AvgIpc) is 3.63. The minimum atomic E-state index is -0.544. The van der Waals surface area contributed by atoms with Crippen molar-refractivity contribution in [1.82, 2.24) is 19.8 Å². The van der Waals surface area contributed by atoms with Crippen LogP contribution in [-0.2, 0) is 14.3 Å². The highest BCUT2D eigenvalue weighted by atomic mass is 16.6. The van der Waals surface area contributed by atoms with E-state index in [2.05, 4.69) is 20.2 Å². The molecule has 0 spiro atoms. The molecule has 5 rings (SSSR count). The third kappa shape index (κ3) is 6.54. The monoisotopic (exact) mass is 554 g/mol. The lowest BCUT2D eigenvalue weighted by atomic mass is 9.88. The van der Waals surface area contributed by atoms with Crippen LogP contribution in [0.3, 0.4) is 0 Å². The van der Waals surface area contributed by atoms with Gasteiger partial charge in [-0.15, -0.1) is 0 Å². The fraction of sp³-hybridized carbons (Fsp3) is 0.536. The number of imidazole rings is 1. The van der Waals surface area contributed by atoms with Crippen LogP contribution >= 0.6 is 0 Å². The van der Waals surface area contributed by atoms with E-state index in [-0.39, 0.29) is 42.4 Å². The first-order valence-corrected chi connectivity index (χ1v) is 13.6. The molecule has 40 heavy (non-hydrogen) atoms. The fourth-order valence-electron chi connectivity index (χ4n) is 5.76. The van der Waals surface area contributed by atoms with Gasteiger partial charge in [0.1, 0.15) is 17.1 Å². The van der Waals surface area contributed by atoms with E-state index in [1.54, 1.807) is 6.92 Å². The van der Waals surface area contributed by atoms with Crippen LogP contribution in [0.1, 0.15) is 56.3 Å². The maximum atomic E-state index is 13.4. The lowest BCUT2D eigenvalue weighted by Crippen LogP contribution is -2.52. The molecule has 3 saturated heterocycles. The molecule has 1 aromatic heterocycles. The van der Waals surface area contributed by atoms with E-state index in [0.29, 0.717) is 30.3 Å². The van der Waals surface area contributed by atoms with E-state index in [0.717, 1.165) is 38.0 Å². The first-order valence-electron chi connectivity index (χ1n) is 13.6. The number of hydrogen-bond donors (Lipinski definition) is 3. The molecule has 4 heterocycles. The lowest BCUT2D eigenvalue weighted by molar-refractivity contribution is -0.136. The zero-order valence-corrected chi connectivity index (χ0v) is 23.4. The highest BCUT2D eigenvalue weighted by Crippen LogP contribution is 2.43. The average molecular weight is 555 g/mol. The molecule has 3 aliphatic heterocycles. The van der Waals surface area contributed by atoms with Gasteiger partial charge in [0.05, 0.1) is 12.1 Å². The molecule has 1 aromatic carbocycles. The van der Waals surface area contributed by atoms with Gasteiger partial charge in [-0.1, -0.05) is 0 Å². The summed E-state index contributed by atoms with van der Waals surface area (Å²) in [4.78, 5) is 59.9. The smallest absolute Gasteiger partial charge is 0.410 e. The number of carbonyl (C=O) groups is 4. The number of fused-ring (bicyclic) bond motifs is 2. The van der Waals surface area contributed by atoms with Crippen LogP contribution in [0.15, 0.2) is 30.5 Å². The quantitative estimate of drug-likeness (QED) is 0.489. The number of H-pyrrole nitrogens is 1. The number of nitrogens with zero attached hydrogens (tertiary/aromatic N) is 4. The predicted molar refractivity (Wildman–Crippen MR) is 148 cm³/mol. The molecule has 12 nitrogen and oxygen atoms in total. The first kappa shape index (κ1) is 28.9. The number of hydrogen-bond acceptors (Lipinski definition) is 7. The number of nitrogens with one attached hydrogen (secondary N) is 2. The molecule has 3 aliphatic rings. The molecule has 0 radical (unpaired) electrons. The maximum Gasteiger partial charge on any atom is 0.410 e. The van der Waals surface area contributed by atoms with E-state index in [1.807, 2.05) is 54.8 Å². The van der Waals surface area contributed by atoms with Gasteiger partial charge in [-0.2, -0.15) is 0 Å². The summed E-state index contributed by atoms with van der Waals surface area (Å²) in [5, 5.41) is 9.76. The molecule has 12 heteroatoms. The van der Waals surface area contributed by atoms with Crippen LogP contribution in [0.2, 0.25) is 0 Å². The SMILES string of the molecule is Cc1ncc(C(=O)Nc2ccc(N3CCN(C(=O)C4CC5CCC4N5C(=O)OC(C)(C)C)CC3)cc2)[nH]1.O=CO. The third-order valence-electron chi connectivity index (χ3n) is 7.49. The normalized spacial score (nSPS) is 21.9. The van der Waals surface area contributed by atoms with Crippen molar-refractivity contribution in [2.24, 2.45) is 5.92 Å². The molecule has 216 valence electrons. The highest BCUT2D eigenvalue weighted by Gasteiger charge is 2.53. The van der Waals surface area contributed by atoms with Gasteiger partial charge in [0, 0.05) is 49.6 Å². The lowest BCUT2D eigenvalue weighted by Gasteiger charge is -2.38. The van der Waals surface area contributed by atoms with E-state index >= 15 is 0 Å². The van der Waals surface area contributed by atoms with Crippen molar-refractivity contribution >= 4 is 35.8 Å². The summed E-state index contributed by atoms with van der Waals surface area (Å²) >= 11 is 0. The predicted octanol–water partition coefficient (Wildman–Crippen LogP) is 3.11. The second-order valence-electron chi connectivity index (χ2n) is 11.3. The Balaban J connectivity index is 0.00000118. The molecule has 0 saturated carbocycles. The van der Waals surface area contributed by atoms with Crippen molar-refractivity contribution in [2.75, 3.05) is 36.4 Å².